The first-order chi connectivity index (χ1) is 34.1. The highest BCUT2D eigenvalue weighted by molar-refractivity contribution is 5.73. The van der Waals surface area contributed by atoms with Crippen LogP contribution < -0.4 is 9.80 Å². The minimum atomic E-state index is -8.84. The predicted molar refractivity (Wildman–Crippen MR) is 209 cm³/mol. The van der Waals surface area contributed by atoms with E-state index in [2.05, 4.69) is 0 Å². The molecule has 1 aliphatic rings. The summed E-state index contributed by atoms with van der Waals surface area (Å²) in [5.74, 6) is -122. The first-order valence-electron chi connectivity index (χ1n) is 20.7. The van der Waals surface area contributed by atoms with Gasteiger partial charge in [-0.15, -0.1) is 0 Å². The summed E-state index contributed by atoms with van der Waals surface area (Å²) in [6.07, 6.45) is -9.64. The Morgan fingerprint density at radius 1 is 0.346 bits per heavy atom. The molecule has 0 radical (unpaired) electrons. The normalized spacial score (nSPS) is 17.5. The van der Waals surface area contributed by atoms with Gasteiger partial charge in [0.05, 0.1) is 0 Å². The van der Waals surface area contributed by atoms with Crippen LogP contribution in [0.5, 0.6) is 0 Å². The Labute approximate surface area is 416 Å². The number of allylic oxidation sites excluding steroid dienone is 2. The Bertz CT molecular complexity index is 2410. The van der Waals surface area contributed by atoms with Gasteiger partial charge in [0.2, 0.25) is 0 Å². The largest absolute Gasteiger partial charge is 0.460 e. The van der Waals surface area contributed by atoms with Crippen molar-refractivity contribution in [2.24, 2.45) is 5.92 Å². The van der Waals surface area contributed by atoms with Crippen molar-refractivity contribution in [1.82, 2.24) is 0 Å². The molecule has 0 saturated heterocycles. The van der Waals surface area contributed by atoms with Gasteiger partial charge in [-0.25, -0.2) is 0 Å². The third kappa shape index (κ3) is 9.62. The molecule has 3 rings (SSSR count). The number of halogens is 33. The van der Waals surface area contributed by atoms with Crippen molar-refractivity contribution in [2.75, 3.05) is 9.80 Å². The summed E-state index contributed by atoms with van der Waals surface area (Å²) in [6, 6.07) is 3.11. The van der Waals surface area contributed by atoms with Crippen molar-refractivity contribution in [3.8, 4) is 0 Å². The molecule has 0 amide bonds. The van der Waals surface area contributed by atoms with Crippen LogP contribution in [0.2, 0.25) is 0 Å². The molecule has 2 aromatic carbocycles. The number of anilines is 2. The van der Waals surface area contributed by atoms with E-state index in [4.69, 9.17) is 0 Å². The summed E-state index contributed by atoms with van der Waals surface area (Å²) in [7, 11) is 0. The van der Waals surface area contributed by atoms with Gasteiger partial charge >= 0.3 is 95.0 Å². The van der Waals surface area contributed by atoms with Crippen LogP contribution in [0.4, 0.5) is 156 Å². The highest BCUT2D eigenvalue weighted by Crippen LogP contribution is 2.66. The SMILES string of the molecule is Cc1cc(/C=C/C(F)(F)C(F)(F)C(F)(F)C(F)(F)C(F)(F)C(F)(F)C(F)(F)C(C)(F)F)cc(C)c1N1C=CN(c2c(C)cc(/C=C/C(F)(F)C(F)(F)C(F)(F)C(F)(F)C(F)(F)C(F)(F)C(F)(F)C(F)(F)F)cc2C)C1C(C)C. The van der Waals surface area contributed by atoms with E-state index < -0.39 is 137 Å². The Hall–Kier alpha value is -5.05. The number of hydrogen-bond acceptors (Lipinski definition) is 2. The van der Waals surface area contributed by atoms with Gasteiger partial charge in [-0.2, -0.15) is 145 Å². The van der Waals surface area contributed by atoms with Gasteiger partial charge in [-0.3, -0.25) is 0 Å². The zero-order valence-corrected chi connectivity index (χ0v) is 39.3. The molecule has 0 aromatic heterocycles. The molecule has 0 N–H and O–H groups in total. The molecule has 35 heteroatoms. The first-order valence-corrected chi connectivity index (χ1v) is 20.7. The van der Waals surface area contributed by atoms with Gasteiger partial charge in [0.15, 0.2) is 0 Å². The summed E-state index contributed by atoms with van der Waals surface area (Å²) in [4.78, 5) is 2.71. The Morgan fingerprint density at radius 3 is 0.782 bits per heavy atom. The van der Waals surface area contributed by atoms with E-state index >= 15 is 0 Å². The summed E-state index contributed by atoms with van der Waals surface area (Å²) in [5, 5.41) is 0. The molecule has 1 heterocycles. The van der Waals surface area contributed by atoms with Crippen molar-refractivity contribution in [3.63, 3.8) is 0 Å². The molecule has 0 fully saturated rings. The molecule has 1 atom stereocenters. The quantitative estimate of drug-likeness (QED) is 0.122. The lowest BCUT2D eigenvalue weighted by Crippen LogP contribution is -2.74. The van der Waals surface area contributed by atoms with Crippen LogP contribution in [0.15, 0.2) is 48.8 Å². The maximum atomic E-state index is 14.7. The third-order valence-electron chi connectivity index (χ3n) is 11.8. The van der Waals surface area contributed by atoms with Gasteiger partial charge in [-0.1, -0.05) is 26.0 Å². The topological polar surface area (TPSA) is 6.48 Å². The van der Waals surface area contributed by atoms with Crippen molar-refractivity contribution < 1.29 is 145 Å². The molecule has 0 aliphatic carbocycles. The number of hydrogen-bond donors (Lipinski definition) is 0. The van der Waals surface area contributed by atoms with Gasteiger partial charge in [0.1, 0.15) is 6.17 Å². The van der Waals surface area contributed by atoms with Crippen molar-refractivity contribution in [3.05, 3.63) is 82.2 Å². The minimum Gasteiger partial charge on any atom is -0.325 e. The fourth-order valence-electron chi connectivity index (χ4n) is 7.56. The monoisotopic (exact) mass is 1200 g/mol. The van der Waals surface area contributed by atoms with Crippen LogP contribution in [-0.4, -0.2) is 101 Å². The second-order valence-corrected chi connectivity index (χ2v) is 18.0. The fraction of sp³-hybridized carbons (Fsp3) is 0.581. The number of rotatable bonds is 20. The fourth-order valence-corrected chi connectivity index (χ4v) is 7.56. The Balaban J connectivity index is 2.02. The van der Waals surface area contributed by atoms with Crippen LogP contribution in [0.3, 0.4) is 0 Å². The van der Waals surface area contributed by atoms with Crippen LogP contribution in [0.25, 0.3) is 12.2 Å². The molecule has 0 bridgehead atoms. The lowest BCUT2D eigenvalue weighted by Gasteiger charge is -2.43. The van der Waals surface area contributed by atoms with Crippen LogP contribution >= 0.6 is 0 Å². The summed E-state index contributed by atoms with van der Waals surface area (Å²) in [5.41, 5.74) is -1.84. The molecule has 1 aliphatic heterocycles. The lowest BCUT2D eigenvalue weighted by atomic mass is 9.87. The van der Waals surface area contributed by atoms with Gasteiger partial charge in [-0.05, 0) is 103 Å². The van der Waals surface area contributed by atoms with Crippen LogP contribution in [0, 0.1) is 33.6 Å². The van der Waals surface area contributed by atoms with Gasteiger partial charge in [0.25, 0.3) is 0 Å². The van der Waals surface area contributed by atoms with E-state index in [-0.39, 0.29) is 45.8 Å². The average molecular weight is 1200 g/mol. The smallest absolute Gasteiger partial charge is 0.325 e. The lowest BCUT2D eigenvalue weighted by molar-refractivity contribution is -0.459. The van der Waals surface area contributed by atoms with Crippen molar-refractivity contribution >= 4 is 23.5 Å². The molecule has 1 unspecified atom stereocenters. The molecule has 2 nitrogen and oxygen atoms in total. The zero-order chi connectivity index (χ0) is 62.0. The molecule has 2 aromatic rings. The van der Waals surface area contributed by atoms with E-state index in [1.165, 1.54) is 36.0 Å². The Kier molecular flexibility index (Phi) is 16.6. The maximum absolute atomic E-state index is 14.7. The van der Waals surface area contributed by atoms with E-state index in [1.807, 2.05) is 0 Å². The van der Waals surface area contributed by atoms with E-state index in [1.54, 1.807) is 0 Å². The number of aryl methyl sites for hydroxylation is 4. The number of nitrogens with zero attached hydrogens (tertiary/aromatic N) is 2. The molecular weight excluding hydrogens is 1170 g/mol. The highest BCUT2D eigenvalue weighted by atomic mass is 19.4. The molecule has 0 spiro atoms. The van der Waals surface area contributed by atoms with Gasteiger partial charge < -0.3 is 9.80 Å². The third-order valence-corrected chi connectivity index (χ3v) is 11.8. The summed E-state index contributed by atoms with van der Waals surface area (Å²) >= 11 is 0. The van der Waals surface area contributed by atoms with Crippen LogP contribution in [0.1, 0.15) is 54.2 Å². The second-order valence-electron chi connectivity index (χ2n) is 18.0. The second kappa shape index (κ2) is 19.3. The minimum absolute atomic E-state index is 0.0329. The zero-order valence-electron chi connectivity index (χ0n) is 39.3. The first kappa shape index (κ1) is 67.2. The van der Waals surface area contributed by atoms with Crippen molar-refractivity contribution in [2.45, 2.75) is 150 Å². The molecular formula is C43H33F33N2. The van der Waals surface area contributed by atoms with Gasteiger partial charge in [0, 0.05) is 30.7 Å². The van der Waals surface area contributed by atoms with E-state index in [9.17, 15) is 145 Å². The predicted octanol–water partition coefficient (Wildman–Crippen LogP) is 17.8. The molecule has 446 valence electrons. The molecule has 0 saturated carbocycles. The maximum Gasteiger partial charge on any atom is 0.460 e. The average Bonchev–Trinajstić information content (AvgIpc) is 3.67. The van der Waals surface area contributed by atoms with Crippen LogP contribution in [-0.2, 0) is 0 Å². The molecule has 78 heavy (non-hydrogen) atoms. The highest BCUT2D eigenvalue weighted by Gasteiger charge is 2.96. The number of alkyl halides is 33. The van der Waals surface area contributed by atoms with E-state index in [0.717, 1.165) is 52.0 Å². The standard InChI is InChI=1S/C43H33F33N2/c1-18(2)27-77(25-19(3)14-23(15-20(25)4)8-10-29(46,47)32(52,53)35(58,59)38(64,65)37(62,63)34(56,57)31(50,51)28(7,44)45)12-13-78(27)26-21(5)16-24(17-22(26)6)9-11-30(48,49)33(54,55)36(60,61)39(66,67)40(68,69)41(70,71)42(72,73)43(74,75)76/h8-18,27H,1-7H3/b10-8+,11-9+. The van der Waals surface area contributed by atoms with E-state index in [0.29, 0.717) is 0 Å². The summed E-state index contributed by atoms with van der Waals surface area (Å²) < 4.78 is 459. The Morgan fingerprint density at radius 2 is 0.564 bits per heavy atom. The summed E-state index contributed by atoms with van der Waals surface area (Å²) in [6.45, 7) is 6.28. The van der Waals surface area contributed by atoms with Crippen molar-refractivity contribution in [1.29, 1.82) is 0 Å². The number of benzene rings is 2.